The van der Waals surface area contributed by atoms with Crippen LogP contribution in [-0.2, 0) is 11.2 Å². The summed E-state index contributed by atoms with van der Waals surface area (Å²) in [6.07, 6.45) is 3.79. The van der Waals surface area contributed by atoms with Crippen LogP contribution in [-0.4, -0.2) is 5.78 Å². The molecule has 0 heterocycles. The molecular weight excluding hydrogens is 220 g/mol. The molecule has 1 rings (SSSR count). The van der Waals surface area contributed by atoms with E-state index in [9.17, 15) is 4.79 Å². The minimum absolute atomic E-state index is 0.0939. The lowest BCUT2D eigenvalue weighted by Gasteiger charge is -2.20. The molecular formula is C17H26O. The summed E-state index contributed by atoms with van der Waals surface area (Å²) in [4.78, 5) is 12.2. The Morgan fingerprint density at radius 1 is 1.22 bits per heavy atom. The van der Waals surface area contributed by atoms with Gasteiger partial charge >= 0.3 is 0 Å². The van der Waals surface area contributed by atoms with Crippen LogP contribution < -0.4 is 0 Å². The van der Waals surface area contributed by atoms with Crippen LogP contribution in [0.3, 0.4) is 0 Å². The van der Waals surface area contributed by atoms with Crippen molar-refractivity contribution in [1.29, 1.82) is 0 Å². The summed E-state index contributed by atoms with van der Waals surface area (Å²) in [5.41, 5.74) is 2.53. The van der Waals surface area contributed by atoms with E-state index in [0.29, 0.717) is 18.1 Å². The van der Waals surface area contributed by atoms with Crippen LogP contribution in [0, 0.1) is 5.92 Å². The molecule has 0 saturated heterocycles. The summed E-state index contributed by atoms with van der Waals surface area (Å²) in [7, 11) is 0. The fourth-order valence-electron chi connectivity index (χ4n) is 2.30. The maximum absolute atomic E-state index is 12.2. The van der Waals surface area contributed by atoms with Gasteiger partial charge in [-0.1, -0.05) is 58.4 Å². The Morgan fingerprint density at radius 3 is 2.50 bits per heavy atom. The van der Waals surface area contributed by atoms with E-state index in [4.69, 9.17) is 0 Å². The average Bonchev–Trinajstić information content (AvgIpc) is 2.43. The molecule has 0 aliphatic heterocycles. The summed E-state index contributed by atoms with van der Waals surface area (Å²) in [6, 6.07) is 8.54. The Bertz CT molecular complexity index is 381. The third-order valence-electron chi connectivity index (χ3n) is 3.83. The molecule has 2 atom stereocenters. The second-order valence-electron chi connectivity index (χ2n) is 5.22. The molecule has 0 saturated carbocycles. The van der Waals surface area contributed by atoms with Crippen LogP contribution in [0.1, 0.15) is 64.0 Å². The quantitative estimate of drug-likeness (QED) is 0.678. The second kappa shape index (κ2) is 7.35. The van der Waals surface area contributed by atoms with Crippen molar-refractivity contribution >= 4 is 5.78 Å². The van der Waals surface area contributed by atoms with Crippen LogP contribution in [0.2, 0.25) is 0 Å². The molecule has 18 heavy (non-hydrogen) atoms. The highest BCUT2D eigenvalue weighted by Crippen LogP contribution is 2.28. The van der Waals surface area contributed by atoms with Crippen molar-refractivity contribution in [3.63, 3.8) is 0 Å². The number of hydrogen-bond donors (Lipinski definition) is 0. The van der Waals surface area contributed by atoms with Gasteiger partial charge in [-0.25, -0.2) is 0 Å². The smallest absolute Gasteiger partial charge is 0.140 e. The first-order chi connectivity index (χ1) is 8.62. The number of aryl methyl sites for hydroxylation is 1. The standard InChI is InChI=1S/C17H26O/c1-5-13(4)11-16(17(18)7-3)15-10-8-9-14(6-2)12-15/h8-10,12-13,16H,5-7,11H2,1-4H3. The summed E-state index contributed by atoms with van der Waals surface area (Å²) in [5.74, 6) is 1.08. The van der Waals surface area contributed by atoms with Gasteiger partial charge in [0.15, 0.2) is 0 Å². The Kier molecular flexibility index (Phi) is 6.11. The number of carbonyl (C=O) groups excluding carboxylic acids is 1. The van der Waals surface area contributed by atoms with Crippen LogP contribution in [0.15, 0.2) is 24.3 Å². The maximum Gasteiger partial charge on any atom is 0.140 e. The molecule has 0 radical (unpaired) electrons. The van der Waals surface area contributed by atoms with Gasteiger partial charge in [-0.2, -0.15) is 0 Å². The summed E-state index contributed by atoms with van der Waals surface area (Å²) >= 11 is 0. The number of Topliss-reactive ketones (excluding diaryl/α,β-unsaturated/α-hetero) is 1. The van der Waals surface area contributed by atoms with E-state index >= 15 is 0 Å². The molecule has 0 fully saturated rings. The molecule has 1 aromatic rings. The summed E-state index contributed by atoms with van der Waals surface area (Å²) in [6.45, 7) is 8.56. The third-order valence-corrected chi connectivity index (χ3v) is 3.83. The molecule has 0 amide bonds. The second-order valence-corrected chi connectivity index (χ2v) is 5.22. The number of ketones is 1. The average molecular weight is 246 g/mol. The third kappa shape index (κ3) is 3.97. The van der Waals surface area contributed by atoms with E-state index in [2.05, 4.69) is 45.0 Å². The largest absolute Gasteiger partial charge is 0.299 e. The number of benzene rings is 1. The molecule has 0 aromatic heterocycles. The Balaban J connectivity index is 2.97. The van der Waals surface area contributed by atoms with Crippen LogP contribution in [0.25, 0.3) is 0 Å². The molecule has 0 aliphatic carbocycles. The molecule has 0 bridgehead atoms. The van der Waals surface area contributed by atoms with Gasteiger partial charge in [-0.3, -0.25) is 4.79 Å². The zero-order chi connectivity index (χ0) is 13.5. The fourth-order valence-corrected chi connectivity index (χ4v) is 2.30. The number of rotatable bonds is 7. The fraction of sp³-hybridized carbons (Fsp3) is 0.588. The van der Waals surface area contributed by atoms with E-state index in [1.54, 1.807) is 0 Å². The molecule has 0 N–H and O–H groups in total. The SMILES string of the molecule is CCC(=O)C(CC(C)CC)c1cccc(CC)c1. The molecule has 1 heteroatoms. The molecule has 1 nitrogen and oxygen atoms in total. The number of hydrogen-bond acceptors (Lipinski definition) is 1. The predicted molar refractivity (Wildman–Crippen MR) is 77.9 cm³/mol. The van der Waals surface area contributed by atoms with Crippen LogP contribution in [0.5, 0.6) is 0 Å². The topological polar surface area (TPSA) is 17.1 Å². The normalized spacial score (nSPS) is 14.2. The lowest BCUT2D eigenvalue weighted by Crippen LogP contribution is -2.15. The predicted octanol–water partition coefficient (Wildman–Crippen LogP) is 4.75. The van der Waals surface area contributed by atoms with Gasteiger partial charge in [0, 0.05) is 12.3 Å². The first-order valence-electron chi connectivity index (χ1n) is 7.23. The Labute approximate surface area is 112 Å². The van der Waals surface area contributed by atoms with Crippen LogP contribution in [0.4, 0.5) is 0 Å². The molecule has 0 aliphatic rings. The Hall–Kier alpha value is -1.11. The lowest BCUT2D eigenvalue weighted by atomic mass is 9.84. The Morgan fingerprint density at radius 2 is 1.94 bits per heavy atom. The molecule has 2 unspecified atom stereocenters. The highest BCUT2D eigenvalue weighted by Gasteiger charge is 2.21. The van der Waals surface area contributed by atoms with Gasteiger partial charge in [0.1, 0.15) is 5.78 Å². The summed E-state index contributed by atoms with van der Waals surface area (Å²) in [5, 5.41) is 0. The van der Waals surface area contributed by atoms with Gasteiger partial charge in [-0.15, -0.1) is 0 Å². The van der Waals surface area contributed by atoms with Crippen molar-refractivity contribution in [2.45, 2.75) is 59.3 Å². The minimum Gasteiger partial charge on any atom is -0.299 e. The zero-order valence-electron chi connectivity index (χ0n) is 12.2. The van der Waals surface area contributed by atoms with Crippen molar-refractivity contribution < 1.29 is 4.79 Å². The molecule has 0 spiro atoms. The van der Waals surface area contributed by atoms with Gasteiger partial charge in [0.25, 0.3) is 0 Å². The van der Waals surface area contributed by atoms with Gasteiger partial charge in [0.05, 0.1) is 0 Å². The highest BCUT2D eigenvalue weighted by molar-refractivity contribution is 5.85. The van der Waals surface area contributed by atoms with Gasteiger partial charge in [-0.05, 0) is 29.9 Å². The van der Waals surface area contributed by atoms with Crippen molar-refractivity contribution in [2.75, 3.05) is 0 Å². The zero-order valence-corrected chi connectivity index (χ0v) is 12.2. The molecule has 100 valence electrons. The maximum atomic E-state index is 12.2. The van der Waals surface area contributed by atoms with Crippen molar-refractivity contribution in [3.8, 4) is 0 Å². The van der Waals surface area contributed by atoms with E-state index in [-0.39, 0.29) is 5.92 Å². The highest BCUT2D eigenvalue weighted by atomic mass is 16.1. The van der Waals surface area contributed by atoms with Gasteiger partial charge in [0.2, 0.25) is 0 Å². The van der Waals surface area contributed by atoms with Gasteiger partial charge < -0.3 is 0 Å². The van der Waals surface area contributed by atoms with Crippen LogP contribution >= 0.6 is 0 Å². The van der Waals surface area contributed by atoms with E-state index in [1.807, 2.05) is 6.92 Å². The van der Waals surface area contributed by atoms with E-state index in [0.717, 1.165) is 19.3 Å². The lowest BCUT2D eigenvalue weighted by molar-refractivity contribution is -0.120. The monoisotopic (exact) mass is 246 g/mol. The van der Waals surface area contributed by atoms with E-state index in [1.165, 1.54) is 11.1 Å². The van der Waals surface area contributed by atoms with E-state index < -0.39 is 0 Å². The summed E-state index contributed by atoms with van der Waals surface area (Å²) < 4.78 is 0. The van der Waals surface area contributed by atoms with Crippen molar-refractivity contribution in [3.05, 3.63) is 35.4 Å². The first-order valence-corrected chi connectivity index (χ1v) is 7.23. The molecule has 1 aromatic carbocycles. The minimum atomic E-state index is 0.0939. The van der Waals surface area contributed by atoms with Crippen molar-refractivity contribution in [2.24, 2.45) is 5.92 Å². The first kappa shape index (κ1) is 14.9. The number of carbonyl (C=O) groups is 1. The van der Waals surface area contributed by atoms with Crippen molar-refractivity contribution in [1.82, 2.24) is 0 Å².